The second-order valence-electron chi connectivity index (χ2n) is 7.89. The first-order valence-corrected chi connectivity index (χ1v) is 12.1. The van der Waals surface area contributed by atoms with Crippen LogP contribution in [0.1, 0.15) is 19.4 Å². The third kappa shape index (κ3) is 5.59. The minimum absolute atomic E-state index is 0.0482. The molecule has 0 radical (unpaired) electrons. The number of rotatable bonds is 10. The Morgan fingerprint density at radius 1 is 1.40 bits per heavy atom. The molecule has 4 N–H and O–H groups in total. The van der Waals surface area contributed by atoms with E-state index >= 15 is 0 Å². The molecule has 14 heteroatoms. The molecule has 4 rings (SSSR count). The van der Waals surface area contributed by atoms with Gasteiger partial charge in [0.25, 0.3) is 0 Å². The number of halogens is 1. The first kappa shape index (κ1) is 24.6. The van der Waals surface area contributed by atoms with Gasteiger partial charge in [0.05, 0.1) is 26.1 Å². The van der Waals surface area contributed by atoms with Gasteiger partial charge in [-0.15, -0.1) is 0 Å². The van der Waals surface area contributed by atoms with Gasteiger partial charge >= 0.3 is 13.7 Å². The summed E-state index contributed by atoms with van der Waals surface area (Å²) in [5.74, 6) is -1.79. The summed E-state index contributed by atoms with van der Waals surface area (Å²) in [7, 11) is -2.70. The average molecular weight is 506 g/mol. The maximum atomic E-state index is 13.6. The van der Waals surface area contributed by atoms with E-state index in [1.807, 2.05) is 16.7 Å². The van der Waals surface area contributed by atoms with Crippen LogP contribution in [0.4, 0.5) is 10.3 Å². The van der Waals surface area contributed by atoms with Crippen LogP contribution in [0.3, 0.4) is 0 Å². The van der Waals surface area contributed by atoms with Crippen LogP contribution >= 0.6 is 7.75 Å². The van der Waals surface area contributed by atoms with Crippen molar-refractivity contribution in [3.8, 4) is 11.6 Å². The zero-order valence-electron chi connectivity index (χ0n) is 18.9. The summed E-state index contributed by atoms with van der Waals surface area (Å²) in [5, 5.41) is 11.6. The van der Waals surface area contributed by atoms with Crippen molar-refractivity contribution in [1.29, 1.82) is 0 Å². The molecule has 0 spiro atoms. The number of benzene rings is 1. The predicted molar refractivity (Wildman–Crippen MR) is 123 cm³/mol. The lowest BCUT2D eigenvalue weighted by Gasteiger charge is -2.23. The first-order chi connectivity index (χ1) is 16.7. The molecule has 1 unspecified atom stereocenters. The Hall–Kier alpha value is -3.54. The van der Waals surface area contributed by atoms with E-state index in [1.54, 1.807) is 6.33 Å². The standard InChI is InChI=1S/C21H24FN6O6P/c1-12(20(29)30)27-35(31,34-16-5-3-4-14(22)9-16)33-10-13-6-7-15(8-13)28-11-24-17-18(28)25-21(23)26-19(17)32-2/h3-7,9,11-13,15H,8,10H2,1-2H3,(H,27,31)(H,29,30)(H2,23,25,26)/t12-,13+,15-,35?/m0/s1. The predicted octanol–water partition coefficient (Wildman–Crippen LogP) is 2.94. The highest BCUT2D eigenvalue weighted by molar-refractivity contribution is 7.52. The van der Waals surface area contributed by atoms with Gasteiger partial charge in [-0.05, 0) is 25.5 Å². The summed E-state index contributed by atoms with van der Waals surface area (Å²) in [6, 6.07) is 3.61. The zero-order valence-corrected chi connectivity index (χ0v) is 19.8. The van der Waals surface area contributed by atoms with Crippen LogP contribution in [0.15, 0.2) is 42.7 Å². The van der Waals surface area contributed by atoms with Gasteiger partial charge in [0.1, 0.15) is 17.6 Å². The minimum atomic E-state index is -4.16. The largest absolute Gasteiger partial charge is 0.480 e. The lowest BCUT2D eigenvalue weighted by atomic mass is 10.1. The van der Waals surface area contributed by atoms with E-state index in [1.165, 1.54) is 32.2 Å². The fourth-order valence-corrected chi connectivity index (χ4v) is 5.16. The van der Waals surface area contributed by atoms with Gasteiger partial charge in [-0.25, -0.2) is 13.9 Å². The van der Waals surface area contributed by atoms with Crippen LogP contribution in [0.5, 0.6) is 11.6 Å². The van der Waals surface area contributed by atoms with Crippen molar-refractivity contribution in [2.75, 3.05) is 19.5 Å². The Labute approximate surface area is 199 Å². The van der Waals surface area contributed by atoms with E-state index in [2.05, 4.69) is 20.0 Å². The number of carbonyl (C=O) groups is 1. The number of fused-ring (bicyclic) bond motifs is 1. The van der Waals surface area contributed by atoms with Crippen molar-refractivity contribution < 1.29 is 32.6 Å². The van der Waals surface area contributed by atoms with Crippen LogP contribution in [-0.4, -0.2) is 50.4 Å². The molecule has 0 aliphatic heterocycles. The Kier molecular flexibility index (Phi) is 7.01. The van der Waals surface area contributed by atoms with Crippen molar-refractivity contribution in [1.82, 2.24) is 24.6 Å². The van der Waals surface area contributed by atoms with Crippen LogP contribution < -0.4 is 20.1 Å². The van der Waals surface area contributed by atoms with Gasteiger partial charge in [0.15, 0.2) is 11.2 Å². The maximum Gasteiger partial charge on any atom is 0.459 e. The lowest BCUT2D eigenvalue weighted by Crippen LogP contribution is -2.33. The normalized spacial score (nSPS) is 20.0. The number of allylic oxidation sites excluding steroid dienone is 1. The van der Waals surface area contributed by atoms with Crippen LogP contribution in [-0.2, 0) is 13.9 Å². The highest BCUT2D eigenvalue weighted by Crippen LogP contribution is 2.46. The number of carboxylic acid groups (broad SMARTS) is 1. The second-order valence-corrected chi connectivity index (χ2v) is 9.59. The van der Waals surface area contributed by atoms with E-state index in [4.69, 9.17) is 19.5 Å². The number of hydrogen-bond acceptors (Lipinski definition) is 9. The van der Waals surface area contributed by atoms with E-state index in [0.717, 1.165) is 6.07 Å². The molecule has 1 aliphatic rings. The fourth-order valence-electron chi connectivity index (χ4n) is 3.61. The highest BCUT2D eigenvalue weighted by Gasteiger charge is 2.33. The number of carboxylic acids is 1. The third-order valence-electron chi connectivity index (χ3n) is 5.31. The minimum Gasteiger partial charge on any atom is -0.480 e. The molecule has 0 fully saturated rings. The second kappa shape index (κ2) is 9.98. The SMILES string of the molecule is COc1nc(N)nc2c1ncn2[C@H]1C=C[C@@H](COP(=O)(N[C@@H](C)C(=O)O)Oc2cccc(F)c2)C1. The molecule has 0 saturated carbocycles. The summed E-state index contributed by atoms with van der Waals surface area (Å²) in [6.07, 6.45) is 5.96. The Balaban J connectivity index is 1.47. The molecule has 0 saturated heterocycles. The number of anilines is 1. The van der Waals surface area contributed by atoms with Crippen molar-refractivity contribution >= 4 is 30.8 Å². The van der Waals surface area contributed by atoms with Crippen molar-refractivity contribution in [2.24, 2.45) is 5.92 Å². The molecule has 2 aromatic heterocycles. The summed E-state index contributed by atoms with van der Waals surface area (Å²) < 4.78 is 44.9. The number of nitrogens with two attached hydrogens (primary N) is 1. The molecule has 3 aromatic rings. The third-order valence-corrected chi connectivity index (χ3v) is 6.95. The number of ether oxygens (including phenoxy) is 1. The van der Waals surface area contributed by atoms with Gasteiger partial charge in [0.2, 0.25) is 11.8 Å². The Morgan fingerprint density at radius 3 is 2.91 bits per heavy atom. The summed E-state index contributed by atoms with van der Waals surface area (Å²) in [4.78, 5) is 23.9. The van der Waals surface area contributed by atoms with E-state index in [-0.39, 0.29) is 36.1 Å². The number of aliphatic carboxylic acids is 1. The smallest absolute Gasteiger partial charge is 0.459 e. The van der Waals surface area contributed by atoms with E-state index in [0.29, 0.717) is 17.6 Å². The van der Waals surface area contributed by atoms with Crippen LogP contribution in [0.2, 0.25) is 0 Å². The van der Waals surface area contributed by atoms with Crippen LogP contribution in [0.25, 0.3) is 11.2 Å². The fraction of sp³-hybridized carbons (Fsp3) is 0.333. The molecule has 186 valence electrons. The van der Waals surface area contributed by atoms with Gasteiger partial charge < -0.3 is 24.7 Å². The number of nitrogens with zero attached hydrogens (tertiary/aromatic N) is 4. The lowest BCUT2D eigenvalue weighted by molar-refractivity contribution is -0.138. The quantitative estimate of drug-likeness (QED) is 0.274. The number of nitrogen functional groups attached to an aromatic ring is 1. The summed E-state index contributed by atoms with van der Waals surface area (Å²) in [5.41, 5.74) is 6.75. The Bertz CT molecular complexity index is 1320. The van der Waals surface area contributed by atoms with Crippen molar-refractivity contribution in [2.45, 2.75) is 25.4 Å². The van der Waals surface area contributed by atoms with Gasteiger partial charge in [-0.3, -0.25) is 9.32 Å². The van der Waals surface area contributed by atoms with E-state index < -0.39 is 25.6 Å². The zero-order chi connectivity index (χ0) is 25.2. The topological polar surface area (TPSA) is 164 Å². The molecule has 0 bridgehead atoms. The molecule has 4 atom stereocenters. The molecular formula is C21H24FN6O6P. The van der Waals surface area contributed by atoms with Crippen molar-refractivity contribution in [3.05, 3.63) is 48.6 Å². The van der Waals surface area contributed by atoms with Crippen molar-refractivity contribution in [3.63, 3.8) is 0 Å². The number of hydrogen-bond donors (Lipinski definition) is 3. The summed E-state index contributed by atoms with van der Waals surface area (Å²) in [6.45, 7) is 1.25. The monoisotopic (exact) mass is 506 g/mol. The number of aromatic nitrogens is 4. The summed E-state index contributed by atoms with van der Waals surface area (Å²) >= 11 is 0. The highest BCUT2D eigenvalue weighted by atomic mass is 31.2. The molecule has 12 nitrogen and oxygen atoms in total. The van der Waals surface area contributed by atoms with Gasteiger partial charge in [0, 0.05) is 12.0 Å². The molecular weight excluding hydrogens is 482 g/mol. The first-order valence-electron chi connectivity index (χ1n) is 10.6. The van der Waals surface area contributed by atoms with Gasteiger partial charge in [-0.1, -0.05) is 18.2 Å². The molecule has 1 aromatic carbocycles. The molecule has 0 amide bonds. The van der Waals surface area contributed by atoms with E-state index in [9.17, 15) is 18.9 Å². The maximum absolute atomic E-state index is 13.6. The Morgan fingerprint density at radius 2 is 2.20 bits per heavy atom. The molecule has 1 aliphatic carbocycles. The van der Waals surface area contributed by atoms with Crippen LogP contribution in [0, 0.1) is 11.7 Å². The van der Waals surface area contributed by atoms with Gasteiger partial charge in [-0.2, -0.15) is 15.1 Å². The number of imidazole rings is 1. The molecule has 35 heavy (non-hydrogen) atoms. The number of nitrogens with one attached hydrogen (secondary N) is 1. The molecule has 2 heterocycles. The number of methoxy groups -OCH3 is 1. The average Bonchev–Trinajstić information content (AvgIpc) is 3.44.